The largest absolute Gasteiger partial charge is 0.463 e. The van der Waals surface area contributed by atoms with Crippen molar-refractivity contribution < 1.29 is 19.1 Å². The molecular formula is C16H28O4. The normalized spacial score (nSPS) is 12.0. The van der Waals surface area contributed by atoms with Gasteiger partial charge in [-0.05, 0) is 19.3 Å². The summed E-state index contributed by atoms with van der Waals surface area (Å²) in [5, 5.41) is 0. The van der Waals surface area contributed by atoms with E-state index in [0.717, 1.165) is 31.3 Å². The Hall–Kier alpha value is -1.32. The summed E-state index contributed by atoms with van der Waals surface area (Å²) in [7, 11) is 0. The second kappa shape index (κ2) is 11.5. The van der Waals surface area contributed by atoms with Crippen LogP contribution in [0.25, 0.3) is 0 Å². The van der Waals surface area contributed by atoms with Crippen molar-refractivity contribution in [3.8, 4) is 0 Å². The van der Waals surface area contributed by atoms with Crippen LogP contribution in [0.5, 0.6) is 0 Å². The van der Waals surface area contributed by atoms with Gasteiger partial charge in [0.15, 0.2) is 0 Å². The van der Waals surface area contributed by atoms with Crippen molar-refractivity contribution in [1.29, 1.82) is 0 Å². The molecule has 0 aromatic rings. The number of hydrogen-bond acceptors (Lipinski definition) is 4. The zero-order chi connectivity index (χ0) is 15.4. The highest BCUT2D eigenvalue weighted by atomic mass is 16.6. The fourth-order valence-corrected chi connectivity index (χ4v) is 1.73. The Labute approximate surface area is 122 Å². The predicted molar refractivity (Wildman–Crippen MR) is 79.3 cm³/mol. The van der Waals surface area contributed by atoms with Crippen molar-refractivity contribution in [3.05, 3.63) is 12.7 Å². The average molecular weight is 284 g/mol. The second-order valence-electron chi connectivity index (χ2n) is 5.45. The maximum Gasteiger partial charge on any atom is 0.330 e. The van der Waals surface area contributed by atoms with E-state index in [1.165, 1.54) is 6.42 Å². The molecule has 20 heavy (non-hydrogen) atoms. The number of unbranched alkanes of at least 4 members (excludes halogenated alkanes) is 2. The lowest BCUT2D eigenvalue weighted by Gasteiger charge is -2.13. The summed E-state index contributed by atoms with van der Waals surface area (Å²) in [4.78, 5) is 22.4. The van der Waals surface area contributed by atoms with Crippen LogP contribution in [0.3, 0.4) is 0 Å². The SMILES string of the molecule is C=CC(=O)OCCC(C)OC(=O)CCCCCC(C)C. The van der Waals surface area contributed by atoms with Crippen LogP contribution in [-0.2, 0) is 19.1 Å². The van der Waals surface area contributed by atoms with Gasteiger partial charge in [0.05, 0.1) is 6.61 Å². The van der Waals surface area contributed by atoms with Gasteiger partial charge in [0.25, 0.3) is 0 Å². The first-order valence-electron chi connectivity index (χ1n) is 7.44. The molecule has 0 aliphatic carbocycles. The molecule has 116 valence electrons. The summed E-state index contributed by atoms with van der Waals surface area (Å²) in [5.74, 6) is 0.103. The summed E-state index contributed by atoms with van der Waals surface area (Å²) in [5.41, 5.74) is 0. The van der Waals surface area contributed by atoms with Gasteiger partial charge in [-0.15, -0.1) is 0 Å². The highest BCUT2D eigenvalue weighted by molar-refractivity contribution is 5.81. The van der Waals surface area contributed by atoms with Crippen molar-refractivity contribution in [1.82, 2.24) is 0 Å². The van der Waals surface area contributed by atoms with E-state index in [2.05, 4.69) is 20.4 Å². The third-order valence-electron chi connectivity index (χ3n) is 2.93. The fraction of sp³-hybridized carbons (Fsp3) is 0.750. The summed E-state index contributed by atoms with van der Waals surface area (Å²) in [6.45, 7) is 9.76. The van der Waals surface area contributed by atoms with Crippen LogP contribution in [0, 0.1) is 5.92 Å². The molecule has 0 aliphatic rings. The number of carbonyl (C=O) groups excluding carboxylic acids is 2. The molecule has 0 aromatic heterocycles. The Balaban J connectivity index is 3.54. The van der Waals surface area contributed by atoms with E-state index in [1.807, 2.05) is 0 Å². The molecule has 0 saturated heterocycles. The Morgan fingerprint density at radius 3 is 2.40 bits per heavy atom. The first-order chi connectivity index (χ1) is 9.45. The Morgan fingerprint density at radius 1 is 1.10 bits per heavy atom. The van der Waals surface area contributed by atoms with Crippen molar-refractivity contribution in [2.24, 2.45) is 5.92 Å². The van der Waals surface area contributed by atoms with E-state index >= 15 is 0 Å². The zero-order valence-corrected chi connectivity index (χ0v) is 13.0. The number of hydrogen-bond donors (Lipinski definition) is 0. The van der Waals surface area contributed by atoms with Crippen LogP contribution in [0.4, 0.5) is 0 Å². The van der Waals surface area contributed by atoms with Crippen molar-refractivity contribution >= 4 is 11.9 Å². The minimum atomic E-state index is -0.450. The zero-order valence-electron chi connectivity index (χ0n) is 13.0. The highest BCUT2D eigenvalue weighted by Gasteiger charge is 2.10. The maximum atomic E-state index is 11.6. The van der Waals surface area contributed by atoms with Gasteiger partial charge >= 0.3 is 11.9 Å². The van der Waals surface area contributed by atoms with E-state index in [4.69, 9.17) is 9.47 Å². The van der Waals surface area contributed by atoms with Crippen LogP contribution in [0.2, 0.25) is 0 Å². The van der Waals surface area contributed by atoms with Gasteiger partial charge < -0.3 is 9.47 Å². The summed E-state index contributed by atoms with van der Waals surface area (Å²) < 4.78 is 10.1. The lowest BCUT2D eigenvalue weighted by atomic mass is 10.0. The van der Waals surface area contributed by atoms with Gasteiger partial charge in [0.2, 0.25) is 0 Å². The van der Waals surface area contributed by atoms with Gasteiger partial charge in [-0.2, -0.15) is 0 Å². The molecule has 0 bridgehead atoms. The van der Waals surface area contributed by atoms with E-state index in [9.17, 15) is 9.59 Å². The summed E-state index contributed by atoms with van der Waals surface area (Å²) >= 11 is 0. The number of rotatable bonds is 11. The lowest BCUT2D eigenvalue weighted by Crippen LogP contribution is -2.17. The molecule has 1 unspecified atom stereocenters. The molecule has 0 aliphatic heterocycles. The van der Waals surface area contributed by atoms with Gasteiger partial charge in [-0.25, -0.2) is 4.79 Å². The molecule has 0 rings (SSSR count). The fourth-order valence-electron chi connectivity index (χ4n) is 1.73. The third kappa shape index (κ3) is 11.8. The van der Waals surface area contributed by atoms with Crippen LogP contribution in [0.1, 0.15) is 59.3 Å². The molecule has 0 N–H and O–H groups in total. The third-order valence-corrected chi connectivity index (χ3v) is 2.93. The van der Waals surface area contributed by atoms with E-state index in [1.54, 1.807) is 6.92 Å². The number of esters is 2. The predicted octanol–water partition coefficient (Wildman–Crippen LogP) is 3.64. The molecule has 0 aromatic carbocycles. The summed E-state index contributed by atoms with van der Waals surface area (Å²) in [6.07, 6.45) is 6.19. The molecule has 0 fully saturated rings. The monoisotopic (exact) mass is 284 g/mol. The first-order valence-corrected chi connectivity index (χ1v) is 7.44. The molecule has 0 amide bonds. The number of ether oxygens (including phenoxy) is 2. The van der Waals surface area contributed by atoms with Gasteiger partial charge in [0, 0.05) is 18.9 Å². The summed E-state index contributed by atoms with van der Waals surface area (Å²) in [6, 6.07) is 0. The number of carbonyl (C=O) groups is 2. The quantitative estimate of drug-likeness (QED) is 0.330. The minimum absolute atomic E-state index is 0.169. The Bertz CT molecular complexity index is 297. The van der Waals surface area contributed by atoms with E-state index in [-0.39, 0.29) is 18.7 Å². The Kier molecular flexibility index (Phi) is 10.7. The highest BCUT2D eigenvalue weighted by Crippen LogP contribution is 2.10. The minimum Gasteiger partial charge on any atom is -0.463 e. The second-order valence-corrected chi connectivity index (χ2v) is 5.45. The molecule has 0 radical (unpaired) electrons. The molecule has 4 heteroatoms. The van der Waals surface area contributed by atoms with Crippen LogP contribution in [-0.4, -0.2) is 24.6 Å². The van der Waals surface area contributed by atoms with Gasteiger partial charge in [-0.1, -0.05) is 39.7 Å². The van der Waals surface area contributed by atoms with Crippen LogP contribution >= 0.6 is 0 Å². The van der Waals surface area contributed by atoms with Crippen LogP contribution < -0.4 is 0 Å². The van der Waals surface area contributed by atoms with Crippen LogP contribution in [0.15, 0.2) is 12.7 Å². The lowest BCUT2D eigenvalue weighted by molar-refractivity contribution is -0.149. The van der Waals surface area contributed by atoms with Gasteiger partial charge in [0.1, 0.15) is 6.10 Å². The molecule has 0 heterocycles. The molecule has 0 saturated carbocycles. The van der Waals surface area contributed by atoms with Crippen molar-refractivity contribution in [3.63, 3.8) is 0 Å². The standard InChI is InChI=1S/C16H28O4/c1-5-15(17)19-12-11-14(4)20-16(18)10-8-6-7-9-13(2)3/h5,13-14H,1,6-12H2,2-4H3. The topological polar surface area (TPSA) is 52.6 Å². The smallest absolute Gasteiger partial charge is 0.330 e. The molecular weight excluding hydrogens is 256 g/mol. The van der Waals surface area contributed by atoms with Crippen molar-refractivity contribution in [2.45, 2.75) is 65.4 Å². The first kappa shape index (κ1) is 18.7. The maximum absolute atomic E-state index is 11.6. The molecule has 4 nitrogen and oxygen atoms in total. The van der Waals surface area contributed by atoms with Gasteiger partial charge in [-0.3, -0.25) is 4.79 Å². The van der Waals surface area contributed by atoms with Crippen molar-refractivity contribution in [2.75, 3.05) is 6.61 Å². The Morgan fingerprint density at radius 2 is 1.80 bits per heavy atom. The van der Waals surface area contributed by atoms with E-state index in [0.29, 0.717) is 12.8 Å². The molecule has 1 atom stereocenters. The molecule has 0 spiro atoms. The average Bonchev–Trinajstić information content (AvgIpc) is 2.37. The van der Waals surface area contributed by atoms with E-state index < -0.39 is 5.97 Å².